The largest absolute Gasteiger partial charge is 0.573 e. The lowest BCUT2D eigenvalue weighted by Crippen LogP contribution is -2.49. The average Bonchev–Trinajstić information content (AvgIpc) is 3.59. The summed E-state index contributed by atoms with van der Waals surface area (Å²) in [4.78, 5) is 50.6. The molecule has 16 heteroatoms. The normalized spacial score (nSPS) is 22.8. The Bertz CT molecular complexity index is 1980. The Balaban J connectivity index is 1.46. The van der Waals surface area contributed by atoms with Gasteiger partial charge in [-0.2, -0.15) is 0 Å². The Morgan fingerprint density at radius 2 is 1.65 bits per heavy atom. The molecule has 13 nitrogen and oxygen atoms in total. The predicted molar refractivity (Wildman–Crippen MR) is 196 cm³/mol. The Hall–Kier alpha value is -4.78. The molecule has 1 aliphatic heterocycles. The van der Waals surface area contributed by atoms with Gasteiger partial charge in [0.05, 0.1) is 25.5 Å². The van der Waals surface area contributed by atoms with Crippen molar-refractivity contribution in [3.05, 3.63) is 35.2 Å². The number of fused-ring (bicyclic) bond motifs is 1. The second kappa shape index (κ2) is 14.4. The number of alkyl halides is 3. The average molecular weight is 771 g/mol. The molecule has 2 aliphatic carbocycles. The van der Waals surface area contributed by atoms with Gasteiger partial charge in [-0.25, -0.2) is 23.9 Å². The number of rotatable bonds is 7. The topological polar surface area (TPSA) is 141 Å². The van der Waals surface area contributed by atoms with E-state index < -0.39 is 41.6 Å². The lowest BCUT2D eigenvalue weighted by Gasteiger charge is -2.50. The number of benzene rings is 1. The Labute approximate surface area is 318 Å². The molecule has 6 rings (SSSR count). The molecule has 0 spiro atoms. The summed E-state index contributed by atoms with van der Waals surface area (Å²) < 4.78 is 63.2. The number of amides is 2. The number of esters is 1. The second-order valence-electron chi connectivity index (χ2n) is 17.5. The van der Waals surface area contributed by atoms with E-state index in [1.54, 1.807) is 6.92 Å². The van der Waals surface area contributed by atoms with Crippen molar-refractivity contribution in [2.75, 3.05) is 31.6 Å². The van der Waals surface area contributed by atoms with Crippen molar-refractivity contribution in [2.45, 2.75) is 93.5 Å². The summed E-state index contributed by atoms with van der Waals surface area (Å²) >= 11 is 0. The number of ether oxygens (including phenoxy) is 4. The maximum Gasteiger partial charge on any atom is 0.573 e. The zero-order valence-corrected chi connectivity index (χ0v) is 32.5. The number of aromatic amines is 1. The van der Waals surface area contributed by atoms with Crippen molar-refractivity contribution in [3.8, 4) is 23.0 Å². The molecule has 3 aliphatic rings. The fourth-order valence-corrected chi connectivity index (χ4v) is 7.61. The third-order valence-corrected chi connectivity index (χ3v) is 11.1. The molecule has 55 heavy (non-hydrogen) atoms. The molecule has 3 fully saturated rings. The van der Waals surface area contributed by atoms with Gasteiger partial charge in [-0.1, -0.05) is 55.4 Å². The molecule has 3 aromatic rings. The van der Waals surface area contributed by atoms with E-state index >= 15 is 0 Å². The molecular formula is C39H49F3N6O7. The highest BCUT2D eigenvalue weighted by Crippen LogP contribution is 2.51. The van der Waals surface area contributed by atoms with E-state index in [4.69, 9.17) is 20.8 Å². The van der Waals surface area contributed by atoms with Crippen LogP contribution in [0.2, 0.25) is 0 Å². The first kappa shape index (κ1) is 39.9. The molecule has 298 valence electrons. The zero-order chi connectivity index (χ0) is 40.2. The monoisotopic (exact) mass is 770 g/mol. The SMILES string of the molecule is [C-]#[N+]c1c(C(=O)OC2C(C(C)(C)C)CC(C)CC2C(C)(C)C)c2nc(-c3ccc(OC(F)(F)F)c(NC(=O)C4(C)CC4)c3)[nH]n2c1OC(=O)N1CCOCC1. The van der Waals surface area contributed by atoms with Gasteiger partial charge in [-0.3, -0.25) is 9.89 Å². The summed E-state index contributed by atoms with van der Waals surface area (Å²) in [6.45, 7) is 25.8. The molecule has 3 heterocycles. The van der Waals surface area contributed by atoms with Crippen LogP contribution in [-0.2, 0) is 14.3 Å². The molecule has 2 saturated carbocycles. The first-order chi connectivity index (χ1) is 25.6. The molecule has 1 saturated heterocycles. The second-order valence-corrected chi connectivity index (χ2v) is 17.5. The molecule has 2 amide bonds. The number of halogens is 3. The van der Waals surface area contributed by atoms with Gasteiger partial charge in [0.2, 0.25) is 11.8 Å². The lowest BCUT2D eigenvalue weighted by molar-refractivity contribution is -0.274. The van der Waals surface area contributed by atoms with E-state index in [0.717, 1.165) is 18.9 Å². The van der Waals surface area contributed by atoms with Gasteiger partial charge in [0, 0.05) is 35.9 Å². The number of morpholine rings is 1. The Morgan fingerprint density at radius 1 is 1.04 bits per heavy atom. The van der Waals surface area contributed by atoms with E-state index in [0.29, 0.717) is 18.8 Å². The van der Waals surface area contributed by atoms with Crippen LogP contribution in [0.5, 0.6) is 11.6 Å². The van der Waals surface area contributed by atoms with Crippen LogP contribution >= 0.6 is 0 Å². The van der Waals surface area contributed by atoms with E-state index in [9.17, 15) is 27.6 Å². The number of carbonyl (C=O) groups is 3. The van der Waals surface area contributed by atoms with Gasteiger partial charge >= 0.3 is 18.4 Å². The maximum absolute atomic E-state index is 14.6. The van der Waals surface area contributed by atoms with Crippen molar-refractivity contribution < 1.29 is 46.5 Å². The first-order valence-corrected chi connectivity index (χ1v) is 18.6. The van der Waals surface area contributed by atoms with Crippen molar-refractivity contribution >= 4 is 35.0 Å². The highest BCUT2D eigenvalue weighted by molar-refractivity contribution is 6.05. The van der Waals surface area contributed by atoms with Crippen molar-refractivity contribution in [2.24, 2.45) is 34.0 Å². The number of aromatic nitrogens is 3. The minimum atomic E-state index is -5.04. The van der Waals surface area contributed by atoms with Gasteiger partial charge in [-0.05, 0) is 60.6 Å². The van der Waals surface area contributed by atoms with Gasteiger partial charge in [0.1, 0.15) is 11.7 Å². The van der Waals surface area contributed by atoms with Gasteiger partial charge in [0.15, 0.2) is 17.2 Å². The van der Waals surface area contributed by atoms with Crippen LogP contribution in [0, 0.1) is 40.6 Å². The van der Waals surface area contributed by atoms with Gasteiger partial charge in [0.25, 0.3) is 5.69 Å². The number of anilines is 1. The number of carbonyl (C=O) groups excluding carboxylic acids is 3. The van der Waals surface area contributed by atoms with E-state index in [1.807, 2.05) is 0 Å². The lowest BCUT2D eigenvalue weighted by atomic mass is 9.59. The van der Waals surface area contributed by atoms with E-state index in [2.05, 4.69) is 73.4 Å². The molecule has 0 radical (unpaired) electrons. The van der Waals surface area contributed by atoms with Crippen molar-refractivity contribution in [1.82, 2.24) is 19.5 Å². The van der Waals surface area contributed by atoms with E-state index in [1.165, 1.54) is 21.5 Å². The first-order valence-electron chi connectivity index (χ1n) is 18.6. The smallest absolute Gasteiger partial charge is 0.459 e. The zero-order valence-electron chi connectivity index (χ0n) is 32.5. The highest BCUT2D eigenvalue weighted by Gasteiger charge is 2.49. The molecule has 1 aromatic carbocycles. The molecule has 0 bridgehead atoms. The van der Waals surface area contributed by atoms with Gasteiger partial charge < -0.3 is 29.2 Å². The fraction of sp³-hybridized carbons (Fsp3) is 0.615. The quantitative estimate of drug-likeness (QED) is 0.180. The van der Waals surface area contributed by atoms with Gasteiger partial charge in [-0.15, -0.1) is 13.2 Å². The fourth-order valence-electron chi connectivity index (χ4n) is 7.61. The molecule has 2 N–H and O–H groups in total. The molecule has 2 atom stereocenters. The predicted octanol–water partition coefficient (Wildman–Crippen LogP) is 8.63. The summed E-state index contributed by atoms with van der Waals surface area (Å²) in [5, 5.41) is 5.53. The third-order valence-electron chi connectivity index (χ3n) is 11.1. The van der Waals surface area contributed by atoms with E-state index in [-0.39, 0.29) is 88.8 Å². The summed E-state index contributed by atoms with van der Waals surface area (Å²) in [7, 11) is 0. The van der Waals surface area contributed by atoms with Crippen LogP contribution < -0.4 is 14.8 Å². The number of nitrogens with zero attached hydrogens (tertiary/aromatic N) is 4. The van der Waals surface area contributed by atoms with Crippen LogP contribution in [0.1, 0.15) is 91.4 Å². The van der Waals surface area contributed by atoms with Crippen LogP contribution in [0.15, 0.2) is 18.2 Å². The molecular weight excluding hydrogens is 721 g/mol. The van der Waals surface area contributed by atoms with Crippen LogP contribution in [0.4, 0.5) is 29.3 Å². The minimum absolute atomic E-state index is 0.0174. The summed E-state index contributed by atoms with van der Waals surface area (Å²) in [6.07, 6.45) is -3.51. The van der Waals surface area contributed by atoms with Crippen molar-refractivity contribution in [1.29, 1.82) is 0 Å². The van der Waals surface area contributed by atoms with Crippen LogP contribution in [0.3, 0.4) is 0 Å². The van der Waals surface area contributed by atoms with Crippen LogP contribution in [0.25, 0.3) is 21.9 Å². The summed E-state index contributed by atoms with van der Waals surface area (Å²) in [5.74, 6) is -1.84. The maximum atomic E-state index is 14.6. The minimum Gasteiger partial charge on any atom is -0.459 e. The van der Waals surface area contributed by atoms with Crippen LogP contribution in [-0.4, -0.2) is 76.2 Å². The number of hydrogen-bond acceptors (Lipinski definition) is 8. The molecule has 2 unspecified atom stereocenters. The van der Waals surface area contributed by atoms with Crippen molar-refractivity contribution in [3.63, 3.8) is 0 Å². The number of H-pyrrole nitrogens is 1. The number of hydrogen-bond donors (Lipinski definition) is 2. The highest BCUT2D eigenvalue weighted by atomic mass is 19.4. The standard InChI is InChI=1S/C39H49F3N6O7/c1-21-18-23(36(2,3)4)29(24(19-21)37(5,6)7)53-33(49)27-28(43-9)32(54-35(51)47-14-16-52-17-15-47)48-31(27)45-30(46-48)22-10-11-26(55-39(40,41)42)25(20-22)44-34(50)38(8)12-13-38/h10-11,20-21,23-24,29H,12-19H2,1-8H3,(H,44,50)(H,45,46). The summed E-state index contributed by atoms with van der Waals surface area (Å²) in [6, 6.07) is 3.61. The Morgan fingerprint density at radius 3 is 2.20 bits per heavy atom. The summed E-state index contributed by atoms with van der Waals surface area (Å²) in [5.41, 5.74) is -1.84. The number of nitrogens with one attached hydrogen (secondary N) is 2. The Kier molecular flexibility index (Phi) is 10.4. The third kappa shape index (κ3) is 8.41. The molecule has 2 aromatic heterocycles.